The summed E-state index contributed by atoms with van der Waals surface area (Å²) in [5.74, 6) is 2.47. The Labute approximate surface area is 355 Å². The molecule has 0 N–H and O–H groups in total. The molecule has 0 fully saturated rings. The molecular weight excluding hydrogens is 741 g/mol. The van der Waals surface area contributed by atoms with Crippen molar-refractivity contribution in [2.45, 2.75) is 32.2 Å². The van der Waals surface area contributed by atoms with E-state index >= 15 is 0 Å². The number of anilines is 2. The molecular formula is C57H42N4. The first-order valence-electron chi connectivity index (χ1n) is 21.6. The van der Waals surface area contributed by atoms with E-state index in [1.807, 2.05) is 6.07 Å². The molecule has 3 heterocycles. The first-order chi connectivity index (χ1) is 29.9. The van der Waals surface area contributed by atoms with Gasteiger partial charge < -0.3 is 9.47 Å². The molecule has 4 heteroatoms. The maximum Gasteiger partial charge on any atom is 0.162 e. The second-order valence-corrected chi connectivity index (χ2v) is 17.8. The van der Waals surface area contributed by atoms with Crippen molar-refractivity contribution in [2.24, 2.45) is 11.8 Å². The minimum absolute atomic E-state index is 0.0689. The lowest BCUT2D eigenvalue weighted by atomic mass is 9.82. The molecule has 4 aliphatic rings. The van der Waals surface area contributed by atoms with Crippen molar-refractivity contribution in [3.8, 4) is 50.6 Å². The van der Waals surface area contributed by atoms with Gasteiger partial charge in [-0.15, -0.1) is 0 Å². The highest BCUT2D eigenvalue weighted by molar-refractivity contribution is 6.11. The lowest BCUT2D eigenvalue weighted by Crippen LogP contribution is -2.35. The van der Waals surface area contributed by atoms with E-state index in [0.717, 1.165) is 28.5 Å². The summed E-state index contributed by atoms with van der Waals surface area (Å²) < 4.78 is 2.46. The Kier molecular flexibility index (Phi) is 7.14. The van der Waals surface area contributed by atoms with Crippen molar-refractivity contribution < 1.29 is 0 Å². The molecule has 9 aromatic rings. The Bertz CT molecular complexity index is 3310. The van der Waals surface area contributed by atoms with Crippen LogP contribution < -0.4 is 4.90 Å². The van der Waals surface area contributed by atoms with Crippen molar-refractivity contribution >= 4 is 38.9 Å². The fraction of sp³-hybridized carbons (Fsp3) is 0.123. The number of hydrogen-bond donors (Lipinski definition) is 0. The third kappa shape index (κ3) is 5.06. The van der Waals surface area contributed by atoms with Gasteiger partial charge in [0.15, 0.2) is 5.82 Å². The highest BCUT2D eigenvalue weighted by Crippen LogP contribution is 2.57. The van der Waals surface area contributed by atoms with E-state index in [1.54, 1.807) is 0 Å². The zero-order valence-corrected chi connectivity index (χ0v) is 34.3. The molecule has 0 spiro atoms. The number of nitrogens with zero attached hydrogens (tertiary/aromatic N) is 4. The fourth-order valence-corrected chi connectivity index (χ4v) is 11.0. The van der Waals surface area contributed by atoms with Gasteiger partial charge in [-0.3, -0.25) is 0 Å². The van der Waals surface area contributed by atoms with Gasteiger partial charge in [0, 0.05) is 56.5 Å². The Morgan fingerprint density at radius 1 is 0.525 bits per heavy atom. The van der Waals surface area contributed by atoms with E-state index < -0.39 is 0 Å². The van der Waals surface area contributed by atoms with E-state index in [1.165, 1.54) is 83.3 Å². The van der Waals surface area contributed by atoms with Gasteiger partial charge in [0.1, 0.15) is 5.82 Å². The molecule has 2 aromatic heterocycles. The van der Waals surface area contributed by atoms with E-state index in [2.05, 4.69) is 206 Å². The quantitative estimate of drug-likeness (QED) is 0.163. The molecule has 13 rings (SSSR count). The van der Waals surface area contributed by atoms with Crippen LogP contribution in [0.15, 0.2) is 188 Å². The van der Waals surface area contributed by atoms with Gasteiger partial charge in [-0.2, -0.15) is 0 Å². The average Bonchev–Trinajstić information content (AvgIpc) is 3.86. The second kappa shape index (κ2) is 12.6. The molecule has 3 atom stereocenters. The summed E-state index contributed by atoms with van der Waals surface area (Å²) in [4.78, 5) is 13.0. The van der Waals surface area contributed by atoms with Gasteiger partial charge >= 0.3 is 0 Å². The molecule has 7 aromatic carbocycles. The lowest BCUT2D eigenvalue weighted by Gasteiger charge is -2.33. The molecule has 1 aliphatic heterocycles. The van der Waals surface area contributed by atoms with Crippen LogP contribution in [0.5, 0.6) is 0 Å². The monoisotopic (exact) mass is 782 g/mol. The molecule has 0 saturated carbocycles. The van der Waals surface area contributed by atoms with Gasteiger partial charge in [-0.05, 0) is 81.4 Å². The molecule has 0 saturated heterocycles. The maximum absolute atomic E-state index is 5.35. The number of para-hydroxylation sites is 1. The summed E-state index contributed by atoms with van der Waals surface area (Å²) in [6, 6.07) is 62.2. The average molecular weight is 783 g/mol. The first-order valence-corrected chi connectivity index (χ1v) is 21.6. The normalized spacial score (nSPS) is 18.9. The van der Waals surface area contributed by atoms with Crippen LogP contribution in [-0.2, 0) is 5.41 Å². The van der Waals surface area contributed by atoms with Gasteiger partial charge in [-0.1, -0.05) is 160 Å². The van der Waals surface area contributed by atoms with Gasteiger partial charge in [-0.25, -0.2) is 9.97 Å². The van der Waals surface area contributed by atoms with E-state index in [0.29, 0.717) is 11.8 Å². The van der Waals surface area contributed by atoms with Crippen molar-refractivity contribution in [1.29, 1.82) is 0 Å². The van der Waals surface area contributed by atoms with Crippen LogP contribution in [0.1, 0.15) is 37.5 Å². The Morgan fingerprint density at radius 3 is 2.08 bits per heavy atom. The van der Waals surface area contributed by atoms with Crippen LogP contribution in [0.2, 0.25) is 0 Å². The largest absolute Gasteiger partial charge is 0.318 e. The standard InChI is InChI=1S/C57H42N4/c1-34-44-30-39(44)31-47-46-29-38(23-27-53(46)61(55(34)47)54-33-50(35-14-6-4-7-15-35)58-56(59-54)36-16-8-5-9-17-36)37-22-26-52-45(28-37)43-19-11-13-21-51(43)60(52)40-24-25-42-41-18-10-12-20-48(41)57(2,3)49(42)32-40/h4-34,39,55H,1-3H3. The summed E-state index contributed by atoms with van der Waals surface area (Å²) in [6.07, 6.45) is 4.94. The summed E-state index contributed by atoms with van der Waals surface area (Å²) in [6.45, 7) is 7.11. The number of rotatable bonds is 5. The van der Waals surface area contributed by atoms with Crippen LogP contribution in [0.4, 0.5) is 11.5 Å². The topological polar surface area (TPSA) is 34.0 Å². The summed E-state index contributed by atoms with van der Waals surface area (Å²) >= 11 is 0. The molecule has 4 nitrogen and oxygen atoms in total. The Hall–Kier alpha value is -7.30. The highest BCUT2D eigenvalue weighted by atomic mass is 15.3. The smallest absolute Gasteiger partial charge is 0.162 e. The van der Waals surface area contributed by atoms with Crippen molar-refractivity contribution in [3.05, 3.63) is 204 Å². The first kappa shape index (κ1) is 34.6. The third-order valence-electron chi connectivity index (χ3n) is 14.1. The Morgan fingerprint density at radius 2 is 1.23 bits per heavy atom. The summed E-state index contributed by atoms with van der Waals surface area (Å²) in [5, 5.41) is 2.52. The molecule has 290 valence electrons. The predicted octanol–water partition coefficient (Wildman–Crippen LogP) is 14.0. The second-order valence-electron chi connectivity index (χ2n) is 17.8. The Balaban J connectivity index is 0.946. The van der Waals surface area contributed by atoms with Crippen molar-refractivity contribution in [3.63, 3.8) is 0 Å². The number of aromatic nitrogens is 3. The van der Waals surface area contributed by atoms with Crippen LogP contribution >= 0.6 is 0 Å². The van der Waals surface area contributed by atoms with Crippen molar-refractivity contribution in [2.75, 3.05) is 4.90 Å². The van der Waals surface area contributed by atoms with E-state index in [-0.39, 0.29) is 11.5 Å². The van der Waals surface area contributed by atoms with E-state index in [9.17, 15) is 0 Å². The zero-order chi connectivity index (χ0) is 40.6. The molecule has 0 amide bonds. The molecule has 0 radical (unpaired) electrons. The molecule has 3 unspecified atom stereocenters. The van der Waals surface area contributed by atoms with Crippen LogP contribution in [0.25, 0.3) is 78.0 Å². The van der Waals surface area contributed by atoms with Gasteiger partial charge in [0.2, 0.25) is 0 Å². The maximum atomic E-state index is 5.35. The number of allylic oxidation sites excluding steroid dienone is 2. The van der Waals surface area contributed by atoms with Crippen LogP contribution in [0.3, 0.4) is 0 Å². The number of fused-ring (bicyclic) bond motifs is 10. The third-order valence-corrected chi connectivity index (χ3v) is 14.1. The lowest BCUT2D eigenvalue weighted by molar-refractivity contribution is 0.593. The highest BCUT2D eigenvalue weighted by Gasteiger charge is 2.47. The molecule has 0 bridgehead atoms. The molecule has 61 heavy (non-hydrogen) atoms. The molecule has 3 aliphatic carbocycles. The predicted molar refractivity (Wildman–Crippen MR) is 251 cm³/mol. The van der Waals surface area contributed by atoms with Gasteiger partial charge in [0.05, 0.1) is 28.5 Å². The van der Waals surface area contributed by atoms with E-state index in [4.69, 9.17) is 9.97 Å². The summed E-state index contributed by atoms with van der Waals surface area (Å²) in [5.41, 5.74) is 19.9. The van der Waals surface area contributed by atoms with Gasteiger partial charge in [0.25, 0.3) is 0 Å². The minimum Gasteiger partial charge on any atom is -0.318 e. The minimum atomic E-state index is -0.0689. The zero-order valence-electron chi connectivity index (χ0n) is 34.3. The fourth-order valence-electron chi connectivity index (χ4n) is 11.0. The van der Waals surface area contributed by atoms with Crippen LogP contribution in [-0.4, -0.2) is 20.6 Å². The SMILES string of the molecule is CC1C2=CC2C=C2c3cc(-c4ccc5c(c4)c4ccccc4n5-c4ccc5c(c4)C(C)(C)c4ccccc4-5)ccc3N(c3cc(-c4ccccc4)nc(-c4ccccc4)n3)C21. The van der Waals surface area contributed by atoms with Crippen molar-refractivity contribution in [1.82, 2.24) is 14.5 Å². The van der Waals surface area contributed by atoms with Crippen LogP contribution in [0, 0.1) is 11.8 Å². The number of hydrogen-bond acceptors (Lipinski definition) is 3. The summed E-state index contributed by atoms with van der Waals surface area (Å²) in [7, 11) is 0. The number of benzene rings is 7.